The Bertz CT molecular complexity index is 1020. The maximum atomic E-state index is 13.0. The van der Waals surface area contributed by atoms with Gasteiger partial charge in [-0.1, -0.05) is 18.2 Å². The molecule has 1 aliphatic heterocycles. The van der Waals surface area contributed by atoms with Crippen LogP contribution in [0.25, 0.3) is 11.1 Å². The topological polar surface area (TPSA) is 51.7 Å². The van der Waals surface area contributed by atoms with Crippen LogP contribution in [0.15, 0.2) is 67.0 Å². The minimum atomic E-state index is 0.0784. The van der Waals surface area contributed by atoms with E-state index < -0.39 is 0 Å². The van der Waals surface area contributed by atoms with Crippen molar-refractivity contribution in [2.75, 3.05) is 26.3 Å². The zero-order chi connectivity index (χ0) is 21.6. The van der Waals surface area contributed by atoms with E-state index in [0.717, 1.165) is 42.1 Å². The molecule has 4 rings (SSSR count). The number of hydrogen-bond acceptors (Lipinski definition) is 4. The average Bonchev–Trinajstić information content (AvgIpc) is 3.30. The van der Waals surface area contributed by atoms with Gasteiger partial charge in [0.1, 0.15) is 11.5 Å². The van der Waals surface area contributed by atoms with Crippen LogP contribution in [0.5, 0.6) is 11.5 Å². The molecule has 0 bridgehead atoms. The van der Waals surface area contributed by atoms with Gasteiger partial charge in [0, 0.05) is 48.6 Å². The van der Waals surface area contributed by atoms with Gasteiger partial charge in [0.25, 0.3) is 5.91 Å². The lowest BCUT2D eigenvalue weighted by molar-refractivity contribution is 0.0791. The molecule has 2 aromatic carbocycles. The van der Waals surface area contributed by atoms with Gasteiger partial charge in [0.2, 0.25) is 0 Å². The third-order valence-corrected chi connectivity index (χ3v) is 5.64. The highest BCUT2D eigenvalue weighted by molar-refractivity contribution is 5.95. The fourth-order valence-electron chi connectivity index (χ4n) is 4.08. The van der Waals surface area contributed by atoms with E-state index in [1.54, 1.807) is 6.20 Å². The minimum absolute atomic E-state index is 0.0784. The van der Waals surface area contributed by atoms with Gasteiger partial charge in [-0.05, 0) is 61.7 Å². The van der Waals surface area contributed by atoms with Gasteiger partial charge in [-0.15, -0.1) is 0 Å². The summed E-state index contributed by atoms with van der Waals surface area (Å²) in [7, 11) is 0. The standard InChI is InChI=1S/C26H28N2O3/c1-3-30-23-11-12-24(25(16-23)31-4-2)19-7-9-20(10-8-19)26(29)28-15-13-22(18-28)21-6-5-14-27-17-21/h5-12,14,16-17,22H,3-4,13,15,18H2,1-2H3. The van der Waals surface area contributed by atoms with Crippen LogP contribution in [0.3, 0.4) is 0 Å². The van der Waals surface area contributed by atoms with Crippen molar-refractivity contribution in [3.63, 3.8) is 0 Å². The number of pyridine rings is 1. The first-order valence-electron chi connectivity index (χ1n) is 10.9. The predicted molar refractivity (Wildman–Crippen MR) is 122 cm³/mol. The molecule has 1 fully saturated rings. The van der Waals surface area contributed by atoms with Crippen LogP contribution in [0.2, 0.25) is 0 Å². The van der Waals surface area contributed by atoms with Crippen LogP contribution in [0.4, 0.5) is 0 Å². The molecule has 0 radical (unpaired) electrons. The molecular formula is C26H28N2O3. The minimum Gasteiger partial charge on any atom is -0.494 e. The fourth-order valence-corrected chi connectivity index (χ4v) is 4.08. The van der Waals surface area contributed by atoms with E-state index in [1.807, 2.05) is 73.5 Å². The van der Waals surface area contributed by atoms with E-state index in [1.165, 1.54) is 5.56 Å². The molecular weight excluding hydrogens is 388 g/mol. The smallest absolute Gasteiger partial charge is 0.253 e. The number of aromatic nitrogens is 1. The van der Waals surface area contributed by atoms with Gasteiger partial charge < -0.3 is 14.4 Å². The summed E-state index contributed by atoms with van der Waals surface area (Å²) in [4.78, 5) is 19.2. The van der Waals surface area contributed by atoms with E-state index in [9.17, 15) is 4.79 Å². The van der Waals surface area contributed by atoms with Crippen molar-refractivity contribution in [3.05, 3.63) is 78.1 Å². The molecule has 0 aliphatic carbocycles. The van der Waals surface area contributed by atoms with E-state index in [2.05, 4.69) is 11.1 Å². The first-order valence-corrected chi connectivity index (χ1v) is 10.9. The van der Waals surface area contributed by atoms with Gasteiger partial charge in [-0.25, -0.2) is 0 Å². The molecule has 1 unspecified atom stereocenters. The Labute approximate surface area is 183 Å². The number of carbonyl (C=O) groups is 1. The summed E-state index contributed by atoms with van der Waals surface area (Å²) in [6, 6.07) is 17.7. The van der Waals surface area contributed by atoms with Gasteiger partial charge in [-0.3, -0.25) is 9.78 Å². The van der Waals surface area contributed by atoms with Crippen LogP contribution in [0.1, 0.15) is 42.1 Å². The Morgan fingerprint density at radius 3 is 2.58 bits per heavy atom. The van der Waals surface area contributed by atoms with Crippen LogP contribution < -0.4 is 9.47 Å². The molecule has 0 N–H and O–H groups in total. The second kappa shape index (κ2) is 9.65. The number of nitrogens with zero attached hydrogens (tertiary/aromatic N) is 2. The van der Waals surface area contributed by atoms with Crippen molar-refractivity contribution in [2.24, 2.45) is 0 Å². The first kappa shape index (κ1) is 20.9. The number of likely N-dealkylation sites (tertiary alicyclic amines) is 1. The highest BCUT2D eigenvalue weighted by Gasteiger charge is 2.28. The predicted octanol–water partition coefficient (Wildman–Crippen LogP) is 5.18. The van der Waals surface area contributed by atoms with Crippen LogP contribution in [0, 0.1) is 0 Å². The van der Waals surface area contributed by atoms with Crippen molar-refractivity contribution < 1.29 is 14.3 Å². The summed E-state index contributed by atoms with van der Waals surface area (Å²) in [5, 5.41) is 0. The van der Waals surface area contributed by atoms with E-state index in [4.69, 9.17) is 9.47 Å². The first-order chi connectivity index (χ1) is 15.2. The van der Waals surface area contributed by atoms with Crippen LogP contribution in [-0.2, 0) is 0 Å². The molecule has 1 aliphatic rings. The molecule has 160 valence electrons. The molecule has 1 saturated heterocycles. The SMILES string of the molecule is CCOc1ccc(-c2ccc(C(=O)N3CCC(c4cccnc4)C3)cc2)c(OCC)c1. The molecule has 0 spiro atoms. The largest absolute Gasteiger partial charge is 0.494 e. The van der Waals surface area contributed by atoms with Crippen molar-refractivity contribution >= 4 is 5.91 Å². The van der Waals surface area contributed by atoms with Crippen molar-refractivity contribution in [1.29, 1.82) is 0 Å². The molecule has 31 heavy (non-hydrogen) atoms. The third kappa shape index (κ3) is 4.71. The third-order valence-electron chi connectivity index (χ3n) is 5.64. The molecule has 3 aromatic rings. The molecule has 2 heterocycles. The van der Waals surface area contributed by atoms with Crippen molar-refractivity contribution in [2.45, 2.75) is 26.2 Å². The van der Waals surface area contributed by atoms with Crippen LogP contribution in [-0.4, -0.2) is 42.1 Å². The van der Waals surface area contributed by atoms with Crippen LogP contribution >= 0.6 is 0 Å². The molecule has 5 nitrogen and oxygen atoms in total. The molecule has 5 heteroatoms. The summed E-state index contributed by atoms with van der Waals surface area (Å²) < 4.78 is 11.4. The summed E-state index contributed by atoms with van der Waals surface area (Å²) in [6.45, 7) is 6.62. The highest BCUT2D eigenvalue weighted by Crippen LogP contribution is 2.34. The lowest BCUT2D eigenvalue weighted by Crippen LogP contribution is -2.28. The van der Waals surface area contributed by atoms with E-state index in [0.29, 0.717) is 24.7 Å². The monoisotopic (exact) mass is 416 g/mol. The lowest BCUT2D eigenvalue weighted by Gasteiger charge is -2.17. The second-order valence-corrected chi connectivity index (χ2v) is 7.62. The Morgan fingerprint density at radius 1 is 1.06 bits per heavy atom. The number of carbonyl (C=O) groups excluding carboxylic acids is 1. The Morgan fingerprint density at radius 2 is 1.87 bits per heavy atom. The normalized spacial score (nSPS) is 15.7. The Kier molecular flexibility index (Phi) is 6.51. The highest BCUT2D eigenvalue weighted by atomic mass is 16.5. The fraction of sp³-hybridized carbons (Fsp3) is 0.308. The van der Waals surface area contributed by atoms with Gasteiger partial charge in [-0.2, -0.15) is 0 Å². The summed E-state index contributed by atoms with van der Waals surface area (Å²) in [6.07, 6.45) is 4.66. The number of ether oxygens (including phenoxy) is 2. The molecule has 0 saturated carbocycles. The summed E-state index contributed by atoms with van der Waals surface area (Å²) in [5.74, 6) is 2.01. The van der Waals surface area contributed by atoms with Crippen molar-refractivity contribution in [3.8, 4) is 22.6 Å². The van der Waals surface area contributed by atoms with Crippen molar-refractivity contribution in [1.82, 2.24) is 9.88 Å². The lowest BCUT2D eigenvalue weighted by atomic mass is 10.0. The molecule has 1 atom stereocenters. The van der Waals surface area contributed by atoms with Gasteiger partial charge >= 0.3 is 0 Å². The summed E-state index contributed by atoms with van der Waals surface area (Å²) in [5.41, 5.74) is 3.91. The van der Waals surface area contributed by atoms with Gasteiger partial charge in [0.05, 0.1) is 13.2 Å². The maximum Gasteiger partial charge on any atom is 0.253 e. The van der Waals surface area contributed by atoms with Gasteiger partial charge in [0.15, 0.2) is 0 Å². The molecule has 1 amide bonds. The summed E-state index contributed by atoms with van der Waals surface area (Å²) >= 11 is 0. The molecule has 1 aromatic heterocycles. The zero-order valence-corrected chi connectivity index (χ0v) is 18.1. The van der Waals surface area contributed by atoms with E-state index >= 15 is 0 Å². The zero-order valence-electron chi connectivity index (χ0n) is 18.1. The maximum absolute atomic E-state index is 13.0. The second-order valence-electron chi connectivity index (χ2n) is 7.62. The number of benzene rings is 2. The van der Waals surface area contributed by atoms with E-state index in [-0.39, 0.29) is 5.91 Å². The Balaban J connectivity index is 1.49. The Hall–Kier alpha value is -3.34. The average molecular weight is 417 g/mol. The number of rotatable bonds is 7. The number of hydrogen-bond donors (Lipinski definition) is 0. The quantitative estimate of drug-likeness (QED) is 0.533. The number of amides is 1.